The summed E-state index contributed by atoms with van der Waals surface area (Å²) in [6.07, 6.45) is 3.38. The summed E-state index contributed by atoms with van der Waals surface area (Å²) >= 11 is 0. The Morgan fingerprint density at radius 1 is 1.09 bits per heavy atom. The van der Waals surface area contributed by atoms with Gasteiger partial charge in [0.25, 0.3) is 5.56 Å². The van der Waals surface area contributed by atoms with Gasteiger partial charge in [-0.05, 0) is 57.4 Å². The van der Waals surface area contributed by atoms with Crippen molar-refractivity contribution in [3.8, 4) is 22.6 Å². The number of aliphatic hydroxyl groups is 1. The number of halogens is 1. The third kappa shape index (κ3) is 7.28. The zero-order chi connectivity index (χ0) is 33.3. The van der Waals surface area contributed by atoms with Gasteiger partial charge in [0.05, 0.1) is 30.4 Å². The molecule has 2 N–H and O–H groups in total. The van der Waals surface area contributed by atoms with E-state index < -0.39 is 17.3 Å². The van der Waals surface area contributed by atoms with Crippen molar-refractivity contribution in [2.45, 2.75) is 64.4 Å². The van der Waals surface area contributed by atoms with Crippen LogP contribution in [0.4, 0.5) is 9.18 Å². The SMILES string of the molecule is Cn1nc2c(=O)n(CC3(O)CCN(Cc4ccc(-c5ccco5)cc4F)CC3)cnc2c1-c1ccc(CNC(=O)OC(C)(C)C)cc1. The fourth-order valence-corrected chi connectivity index (χ4v) is 5.92. The summed E-state index contributed by atoms with van der Waals surface area (Å²) in [6, 6.07) is 16.2. The minimum Gasteiger partial charge on any atom is -0.464 e. The van der Waals surface area contributed by atoms with E-state index in [1.165, 1.54) is 17.0 Å². The highest BCUT2D eigenvalue weighted by Crippen LogP contribution is 2.29. The molecule has 0 aliphatic carbocycles. The average Bonchev–Trinajstić information content (AvgIpc) is 3.68. The van der Waals surface area contributed by atoms with Crippen molar-refractivity contribution in [2.75, 3.05) is 13.1 Å². The van der Waals surface area contributed by atoms with Gasteiger partial charge in [0.15, 0.2) is 5.52 Å². The van der Waals surface area contributed by atoms with Crippen molar-refractivity contribution in [2.24, 2.45) is 7.05 Å². The summed E-state index contributed by atoms with van der Waals surface area (Å²) in [6.45, 7) is 7.35. The normalized spacial score (nSPS) is 15.2. The molecule has 4 heterocycles. The fourth-order valence-electron chi connectivity index (χ4n) is 5.92. The smallest absolute Gasteiger partial charge is 0.407 e. The number of nitrogens with one attached hydrogen (secondary N) is 1. The third-order valence-electron chi connectivity index (χ3n) is 8.38. The minimum atomic E-state index is -1.11. The lowest BCUT2D eigenvalue weighted by atomic mass is 9.91. The maximum Gasteiger partial charge on any atom is 0.407 e. The van der Waals surface area contributed by atoms with Crippen LogP contribution in [-0.4, -0.2) is 59.7 Å². The summed E-state index contributed by atoms with van der Waals surface area (Å²) < 4.78 is 28.6. The molecule has 1 saturated heterocycles. The second-order valence-electron chi connectivity index (χ2n) is 13.2. The minimum absolute atomic E-state index is 0.0834. The molecular formula is C35H39FN6O5. The molecule has 6 rings (SSSR count). The lowest BCUT2D eigenvalue weighted by Gasteiger charge is -2.38. The molecule has 11 nitrogen and oxygen atoms in total. The molecule has 47 heavy (non-hydrogen) atoms. The van der Waals surface area contributed by atoms with Crippen LogP contribution in [0.3, 0.4) is 0 Å². The number of ether oxygens (including phenoxy) is 1. The Morgan fingerprint density at radius 2 is 1.81 bits per heavy atom. The van der Waals surface area contributed by atoms with E-state index in [0.29, 0.717) is 67.1 Å². The molecular weight excluding hydrogens is 603 g/mol. The van der Waals surface area contributed by atoms with Gasteiger partial charge in [-0.25, -0.2) is 14.2 Å². The summed E-state index contributed by atoms with van der Waals surface area (Å²) in [5.74, 6) is 0.315. The lowest BCUT2D eigenvalue weighted by molar-refractivity contribution is -0.0366. The van der Waals surface area contributed by atoms with E-state index in [2.05, 4.69) is 20.3 Å². The Balaban J connectivity index is 1.10. The Bertz CT molecular complexity index is 1930. The average molecular weight is 643 g/mol. The number of carbonyl (C=O) groups excluding carboxylic acids is 1. The van der Waals surface area contributed by atoms with Gasteiger partial charge in [-0.3, -0.25) is 18.9 Å². The van der Waals surface area contributed by atoms with Crippen LogP contribution in [0.5, 0.6) is 0 Å². The molecule has 246 valence electrons. The van der Waals surface area contributed by atoms with Crippen molar-refractivity contribution < 1.29 is 23.4 Å². The molecule has 2 aromatic carbocycles. The molecule has 0 spiro atoms. The maximum absolute atomic E-state index is 14.9. The highest BCUT2D eigenvalue weighted by Gasteiger charge is 2.34. The molecule has 0 radical (unpaired) electrons. The van der Waals surface area contributed by atoms with E-state index in [4.69, 9.17) is 9.15 Å². The molecule has 1 aliphatic heterocycles. The van der Waals surface area contributed by atoms with Crippen LogP contribution >= 0.6 is 0 Å². The van der Waals surface area contributed by atoms with Crippen LogP contribution in [0, 0.1) is 5.82 Å². The number of likely N-dealkylation sites (tertiary alicyclic amines) is 1. The zero-order valence-electron chi connectivity index (χ0n) is 27.0. The van der Waals surface area contributed by atoms with E-state index in [1.807, 2.05) is 51.1 Å². The van der Waals surface area contributed by atoms with Crippen molar-refractivity contribution in [3.05, 3.63) is 94.5 Å². The highest BCUT2D eigenvalue weighted by atomic mass is 19.1. The number of alkyl carbamates (subject to hydrolysis) is 1. The number of amides is 1. The van der Waals surface area contributed by atoms with E-state index in [1.54, 1.807) is 36.2 Å². The topological polar surface area (TPSA) is 128 Å². The number of nitrogens with zero attached hydrogens (tertiary/aromatic N) is 5. The largest absolute Gasteiger partial charge is 0.464 e. The number of hydrogen-bond acceptors (Lipinski definition) is 8. The molecule has 0 saturated carbocycles. The zero-order valence-corrected chi connectivity index (χ0v) is 27.0. The van der Waals surface area contributed by atoms with Crippen molar-refractivity contribution >= 4 is 17.1 Å². The standard InChI is InChI=1S/C35H39FN6O5/c1-34(2,3)47-33(44)37-19-23-7-9-24(10-8-23)31-29-30(39-40(31)4)32(43)42(22-38-29)21-35(45)13-15-41(16-14-35)20-26-12-11-25(18-27(26)36)28-6-5-17-46-28/h5-12,17-18,22,45H,13-16,19-21H2,1-4H3,(H,37,44). The van der Waals surface area contributed by atoms with Crippen molar-refractivity contribution in [3.63, 3.8) is 0 Å². The van der Waals surface area contributed by atoms with Crippen LogP contribution in [0.15, 0.2) is 76.4 Å². The van der Waals surface area contributed by atoms with Gasteiger partial charge in [0.1, 0.15) is 22.7 Å². The maximum atomic E-state index is 14.9. The second-order valence-corrected chi connectivity index (χ2v) is 13.2. The predicted octanol–water partition coefficient (Wildman–Crippen LogP) is 5.25. The molecule has 5 aromatic rings. The van der Waals surface area contributed by atoms with Gasteiger partial charge in [0, 0.05) is 49.9 Å². The Morgan fingerprint density at radius 3 is 2.47 bits per heavy atom. The number of hydrogen-bond donors (Lipinski definition) is 2. The van der Waals surface area contributed by atoms with Gasteiger partial charge in [-0.2, -0.15) is 5.10 Å². The van der Waals surface area contributed by atoms with Crippen LogP contribution in [0.25, 0.3) is 33.6 Å². The molecule has 3 aromatic heterocycles. The Hall–Kier alpha value is -4.81. The first-order valence-corrected chi connectivity index (χ1v) is 15.6. The number of aryl methyl sites for hydroxylation is 1. The first-order chi connectivity index (χ1) is 22.4. The number of aromatic nitrogens is 4. The Kier molecular flexibility index (Phi) is 8.73. The second kappa shape index (κ2) is 12.8. The van der Waals surface area contributed by atoms with Gasteiger partial charge in [-0.1, -0.05) is 36.4 Å². The quantitative estimate of drug-likeness (QED) is 0.235. The number of rotatable bonds is 8. The summed E-state index contributed by atoms with van der Waals surface area (Å²) in [5.41, 5.74) is 2.32. The van der Waals surface area contributed by atoms with E-state index in [-0.39, 0.29) is 23.4 Å². The summed E-state index contributed by atoms with van der Waals surface area (Å²) in [4.78, 5) is 32.2. The number of carbonyl (C=O) groups is 1. The summed E-state index contributed by atoms with van der Waals surface area (Å²) in [5, 5.41) is 18.7. The fraction of sp³-hybridized carbons (Fsp3) is 0.371. The van der Waals surface area contributed by atoms with E-state index in [0.717, 1.165) is 11.1 Å². The monoisotopic (exact) mass is 642 g/mol. The summed E-state index contributed by atoms with van der Waals surface area (Å²) in [7, 11) is 1.76. The van der Waals surface area contributed by atoms with Crippen molar-refractivity contribution in [1.29, 1.82) is 0 Å². The van der Waals surface area contributed by atoms with Crippen molar-refractivity contribution in [1.82, 2.24) is 29.5 Å². The Labute approximate surface area is 271 Å². The van der Waals surface area contributed by atoms with Crippen LogP contribution in [0.1, 0.15) is 44.7 Å². The number of benzene rings is 2. The molecule has 1 fully saturated rings. The predicted molar refractivity (Wildman–Crippen MR) is 175 cm³/mol. The van der Waals surface area contributed by atoms with Gasteiger partial charge in [-0.15, -0.1) is 0 Å². The molecule has 1 aliphatic rings. The van der Waals surface area contributed by atoms with Crippen LogP contribution in [0.2, 0.25) is 0 Å². The van der Waals surface area contributed by atoms with Crippen LogP contribution < -0.4 is 10.9 Å². The first-order valence-electron chi connectivity index (χ1n) is 15.6. The number of furan rings is 1. The van der Waals surface area contributed by atoms with E-state index in [9.17, 15) is 19.1 Å². The van der Waals surface area contributed by atoms with Gasteiger partial charge >= 0.3 is 6.09 Å². The molecule has 0 bridgehead atoms. The molecule has 12 heteroatoms. The van der Waals surface area contributed by atoms with Gasteiger partial charge < -0.3 is 19.6 Å². The third-order valence-corrected chi connectivity index (χ3v) is 8.38. The van der Waals surface area contributed by atoms with Crippen LogP contribution in [-0.2, 0) is 31.4 Å². The number of piperidine rings is 1. The highest BCUT2D eigenvalue weighted by molar-refractivity contribution is 5.89. The molecule has 0 atom stereocenters. The lowest BCUT2D eigenvalue weighted by Crippen LogP contribution is -2.47. The van der Waals surface area contributed by atoms with Gasteiger partial charge in [0.2, 0.25) is 0 Å². The van der Waals surface area contributed by atoms with E-state index >= 15 is 0 Å². The number of fused-ring (bicyclic) bond motifs is 1. The molecule has 0 unspecified atom stereocenters. The first kappa shape index (κ1) is 32.1. The molecule has 1 amide bonds.